The Bertz CT molecular complexity index is 638. The summed E-state index contributed by atoms with van der Waals surface area (Å²) < 4.78 is 15.5. The van der Waals surface area contributed by atoms with Crippen molar-refractivity contribution >= 4 is 17.3 Å². The summed E-state index contributed by atoms with van der Waals surface area (Å²) in [5.74, 6) is 1.31. The molecule has 0 amide bonds. The number of carbonyl (C=O) groups excluding carboxylic acids is 1. The largest absolute Gasteiger partial charge is 0.497 e. The van der Waals surface area contributed by atoms with Crippen LogP contribution in [0.25, 0.3) is 0 Å². The average molecular weight is 328 g/mol. The summed E-state index contributed by atoms with van der Waals surface area (Å²) in [5, 5.41) is 1.87. The molecule has 6 nitrogen and oxygen atoms in total. The molecule has 1 atom stereocenters. The van der Waals surface area contributed by atoms with Crippen molar-refractivity contribution in [3.8, 4) is 11.5 Å². The molecule has 0 radical (unpaired) electrons. The number of ether oxygens (including phenoxy) is 3. The maximum absolute atomic E-state index is 11.8. The van der Waals surface area contributed by atoms with Crippen LogP contribution in [0, 0.1) is 0 Å². The molecule has 1 N–H and O–H groups in total. The minimum atomic E-state index is -0.366. The molecule has 1 unspecified atom stereocenters. The third-order valence-electron chi connectivity index (χ3n) is 3.88. The third kappa shape index (κ3) is 3.44. The molecule has 1 aliphatic heterocycles. The summed E-state index contributed by atoms with van der Waals surface area (Å²) in [6.07, 6.45) is 0.641. The fourth-order valence-electron chi connectivity index (χ4n) is 2.53. The molecule has 3 rings (SSSR count). The zero-order valence-electron chi connectivity index (χ0n) is 13.7. The number of esters is 1. The number of hydrogen-bond acceptors (Lipinski definition) is 6. The van der Waals surface area contributed by atoms with Gasteiger partial charge < -0.3 is 14.2 Å². The predicted molar refractivity (Wildman–Crippen MR) is 90.6 cm³/mol. The number of hydrazine groups is 1. The van der Waals surface area contributed by atoms with Crippen molar-refractivity contribution in [1.82, 2.24) is 5.43 Å². The van der Waals surface area contributed by atoms with E-state index in [1.807, 2.05) is 53.5 Å². The maximum Gasteiger partial charge on any atom is 0.325 e. The number of hydrogen-bond donors (Lipinski definition) is 1. The van der Waals surface area contributed by atoms with Crippen molar-refractivity contribution in [3.05, 3.63) is 48.5 Å². The molecular weight excluding hydrogens is 308 g/mol. The molecule has 126 valence electrons. The number of methoxy groups -OCH3 is 2. The first-order valence-corrected chi connectivity index (χ1v) is 7.72. The maximum atomic E-state index is 11.8. The van der Waals surface area contributed by atoms with Gasteiger partial charge in [0.05, 0.1) is 32.2 Å². The van der Waals surface area contributed by atoms with E-state index in [1.54, 1.807) is 14.2 Å². The number of nitrogens with zero attached hydrogens (tertiary/aromatic N) is 1. The number of nitrogens with one attached hydrogen (secondary N) is 1. The molecule has 2 aromatic rings. The Morgan fingerprint density at radius 1 is 0.958 bits per heavy atom. The molecule has 1 fully saturated rings. The third-order valence-corrected chi connectivity index (χ3v) is 3.88. The highest BCUT2D eigenvalue weighted by molar-refractivity contribution is 5.78. The van der Waals surface area contributed by atoms with Crippen molar-refractivity contribution in [2.45, 2.75) is 12.5 Å². The molecule has 2 aromatic carbocycles. The van der Waals surface area contributed by atoms with Gasteiger partial charge in [0.15, 0.2) is 0 Å². The summed E-state index contributed by atoms with van der Waals surface area (Å²) in [5.41, 5.74) is 5.03. The Morgan fingerprint density at radius 3 is 1.83 bits per heavy atom. The second kappa shape index (κ2) is 7.23. The van der Waals surface area contributed by atoms with Gasteiger partial charge in [-0.2, -0.15) is 0 Å². The highest BCUT2D eigenvalue weighted by atomic mass is 16.5. The van der Waals surface area contributed by atoms with Crippen LogP contribution in [0.5, 0.6) is 11.5 Å². The molecule has 0 saturated carbocycles. The van der Waals surface area contributed by atoms with Crippen molar-refractivity contribution in [2.75, 3.05) is 25.8 Å². The summed E-state index contributed by atoms with van der Waals surface area (Å²) in [6, 6.07) is 14.8. The van der Waals surface area contributed by atoms with Crippen LogP contribution >= 0.6 is 0 Å². The summed E-state index contributed by atoms with van der Waals surface area (Å²) in [6.45, 7) is 0.440. The van der Waals surface area contributed by atoms with E-state index in [9.17, 15) is 4.79 Å². The minimum absolute atomic E-state index is 0.234. The van der Waals surface area contributed by atoms with Gasteiger partial charge in [-0.25, -0.2) is 5.43 Å². The number of cyclic esters (lactones) is 1. The Labute approximate surface area is 140 Å². The van der Waals surface area contributed by atoms with Crippen LogP contribution < -0.4 is 19.9 Å². The Morgan fingerprint density at radius 2 is 1.46 bits per heavy atom. The topological polar surface area (TPSA) is 60.0 Å². The van der Waals surface area contributed by atoms with Crippen LogP contribution in [0.1, 0.15) is 6.42 Å². The number of carbonyl (C=O) groups is 1. The zero-order chi connectivity index (χ0) is 16.9. The summed E-state index contributed by atoms with van der Waals surface area (Å²) in [4.78, 5) is 11.8. The second-order valence-electron chi connectivity index (χ2n) is 5.37. The lowest BCUT2D eigenvalue weighted by atomic mass is 10.2. The summed E-state index contributed by atoms with van der Waals surface area (Å²) in [7, 11) is 3.26. The predicted octanol–water partition coefficient (Wildman–Crippen LogP) is 2.66. The van der Waals surface area contributed by atoms with Crippen LogP contribution in [0.4, 0.5) is 11.4 Å². The molecule has 1 aliphatic rings. The van der Waals surface area contributed by atoms with Crippen molar-refractivity contribution in [1.29, 1.82) is 0 Å². The van der Waals surface area contributed by atoms with Crippen molar-refractivity contribution in [3.63, 3.8) is 0 Å². The van der Waals surface area contributed by atoms with Gasteiger partial charge in [0.2, 0.25) is 0 Å². The second-order valence-corrected chi connectivity index (χ2v) is 5.37. The molecular formula is C18H20N2O4. The highest BCUT2D eigenvalue weighted by Crippen LogP contribution is 2.28. The molecule has 0 spiro atoms. The van der Waals surface area contributed by atoms with E-state index in [-0.39, 0.29) is 12.0 Å². The van der Waals surface area contributed by atoms with E-state index in [0.717, 1.165) is 22.9 Å². The first-order valence-electron chi connectivity index (χ1n) is 7.72. The van der Waals surface area contributed by atoms with Gasteiger partial charge in [-0.05, 0) is 48.5 Å². The molecule has 6 heteroatoms. The molecule has 1 saturated heterocycles. The number of benzene rings is 2. The lowest BCUT2D eigenvalue weighted by Crippen LogP contribution is -2.44. The van der Waals surface area contributed by atoms with Gasteiger partial charge >= 0.3 is 5.97 Å². The van der Waals surface area contributed by atoms with Crippen LogP contribution in [-0.4, -0.2) is 32.8 Å². The van der Waals surface area contributed by atoms with Crippen LogP contribution in [0.15, 0.2) is 48.5 Å². The Hall–Kier alpha value is -2.73. The highest BCUT2D eigenvalue weighted by Gasteiger charge is 2.28. The molecule has 0 aliphatic carbocycles. The quantitative estimate of drug-likeness (QED) is 0.650. The normalized spacial score (nSPS) is 16.6. The number of rotatable bonds is 6. The van der Waals surface area contributed by atoms with Gasteiger partial charge in [0.25, 0.3) is 0 Å². The van der Waals surface area contributed by atoms with Gasteiger partial charge in [0, 0.05) is 6.42 Å². The standard InChI is InChI=1S/C18H20N2O4/c1-22-15-7-3-13(4-8-15)20(19-17-11-12-24-18(17)21)14-5-9-16(23-2)10-6-14/h3-10,17,19H,11-12H2,1-2H3. The fraction of sp³-hybridized carbons (Fsp3) is 0.278. The van der Waals surface area contributed by atoms with E-state index in [1.165, 1.54) is 0 Å². The van der Waals surface area contributed by atoms with E-state index in [2.05, 4.69) is 5.43 Å². The van der Waals surface area contributed by atoms with Crippen molar-refractivity contribution < 1.29 is 19.0 Å². The SMILES string of the molecule is COc1ccc(N(NC2CCOC2=O)c2ccc(OC)cc2)cc1. The molecule has 1 heterocycles. The van der Waals surface area contributed by atoms with E-state index < -0.39 is 0 Å². The van der Waals surface area contributed by atoms with E-state index in [4.69, 9.17) is 14.2 Å². The lowest BCUT2D eigenvalue weighted by Gasteiger charge is -2.28. The molecule has 24 heavy (non-hydrogen) atoms. The molecule has 0 aromatic heterocycles. The van der Waals surface area contributed by atoms with Crippen LogP contribution in [0.3, 0.4) is 0 Å². The number of anilines is 2. The first-order chi connectivity index (χ1) is 11.7. The van der Waals surface area contributed by atoms with Gasteiger partial charge in [-0.15, -0.1) is 0 Å². The van der Waals surface area contributed by atoms with Gasteiger partial charge in [-0.1, -0.05) is 0 Å². The smallest absolute Gasteiger partial charge is 0.325 e. The lowest BCUT2D eigenvalue weighted by molar-refractivity contribution is -0.139. The van der Waals surface area contributed by atoms with E-state index in [0.29, 0.717) is 13.0 Å². The van der Waals surface area contributed by atoms with Gasteiger partial charge in [0.1, 0.15) is 17.5 Å². The fourth-order valence-corrected chi connectivity index (χ4v) is 2.53. The van der Waals surface area contributed by atoms with Crippen LogP contribution in [0.2, 0.25) is 0 Å². The zero-order valence-corrected chi connectivity index (χ0v) is 13.7. The average Bonchev–Trinajstić information content (AvgIpc) is 3.05. The minimum Gasteiger partial charge on any atom is -0.497 e. The summed E-state index contributed by atoms with van der Waals surface area (Å²) >= 11 is 0. The Kier molecular flexibility index (Phi) is 4.86. The van der Waals surface area contributed by atoms with Gasteiger partial charge in [-0.3, -0.25) is 9.80 Å². The van der Waals surface area contributed by atoms with E-state index >= 15 is 0 Å². The van der Waals surface area contributed by atoms with Crippen LogP contribution in [-0.2, 0) is 9.53 Å². The monoisotopic (exact) mass is 328 g/mol. The molecule has 0 bridgehead atoms. The first kappa shape index (κ1) is 16.1. The van der Waals surface area contributed by atoms with Crippen molar-refractivity contribution in [2.24, 2.45) is 0 Å². The Balaban J connectivity index is 1.90.